The van der Waals surface area contributed by atoms with Crippen LogP contribution in [0.3, 0.4) is 0 Å². The third-order valence-corrected chi connectivity index (χ3v) is 17.3. The van der Waals surface area contributed by atoms with Crippen LogP contribution in [-0.2, 0) is 0 Å². The van der Waals surface area contributed by atoms with Gasteiger partial charge in [-0.15, -0.1) is 0 Å². The van der Waals surface area contributed by atoms with Crippen molar-refractivity contribution in [2.45, 2.75) is 19.8 Å². The van der Waals surface area contributed by atoms with Crippen molar-refractivity contribution >= 4 is 106 Å². The van der Waals surface area contributed by atoms with Crippen molar-refractivity contribution < 1.29 is 20.3 Å². The maximum atomic E-state index is 2.65. The second-order valence-electron chi connectivity index (χ2n) is 2.50. The average molecular weight is 610 g/mol. The van der Waals surface area contributed by atoms with Crippen LogP contribution in [0.4, 0.5) is 0 Å². The first-order valence-electron chi connectivity index (χ1n) is 3.19. The zero-order valence-corrected chi connectivity index (χ0v) is 16.3. The largest absolute Gasteiger partial charge is 1.00 e. The van der Waals surface area contributed by atoms with Gasteiger partial charge >= 0.3 is 18.9 Å². The molecule has 1 heterocycles. The average Bonchev–Trinajstić information content (AvgIpc) is 1.93. The number of hydrogen-bond acceptors (Lipinski definition) is 0. The SMILES string of the molecule is IC1[CH2][AlH][CH](I)C(I)C1I.[H-].[Li+]. The van der Waals surface area contributed by atoms with Gasteiger partial charge < -0.3 is 1.43 Å². The molecule has 0 aliphatic carbocycles. The number of halogens is 4. The van der Waals surface area contributed by atoms with Crippen LogP contribution in [-0.4, -0.2) is 29.8 Å². The van der Waals surface area contributed by atoms with E-state index in [1.807, 2.05) is 0 Å². The Kier molecular flexibility index (Phi) is 10.0. The molecule has 1 fully saturated rings. The molecule has 1 aliphatic rings. The quantitative estimate of drug-likeness (QED) is 0.209. The van der Waals surface area contributed by atoms with E-state index in [1.54, 1.807) is 5.28 Å². The predicted molar refractivity (Wildman–Crippen MR) is 84.3 cm³/mol. The van der Waals surface area contributed by atoms with E-state index in [-0.39, 0.29) is 35.5 Å². The normalized spacial score (nSPS) is 44.0. The second kappa shape index (κ2) is 7.34. The first-order chi connectivity index (χ1) is 4.63. The van der Waals surface area contributed by atoms with Crippen molar-refractivity contribution in [3.63, 3.8) is 0 Å². The molecule has 11 heavy (non-hydrogen) atoms. The Balaban J connectivity index is 0. The number of rotatable bonds is 0. The van der Waals surface area contributed by atoms with E-state index >= 15 is 0 Å². The summed E-state index contributed by atoms with van der Waals surface area (Å²) in [5.41, 5.74) is 0. The Morgan fingerprint density at radius 3 is 2.09 bits per heavy atom. The van der Waals surface area contributed by atoms with Gasteiger partial charge in [-0.2, -0.15) is 0 Å². The fraction of sp³-hybridized carbons (Fsp3) is 1.00. The van der Waals surface area contributed by atoms with Crippen molar-refractivity contribution in [2.24, 2.45) is 0 Å². The van der Waals surface area contributed by atoms with Gasteiger partial charge in [-0.1, -0.05) is 95.6 Å². The van der Waals surface area contributed by atoms with Gasteiger partial charge in [-0.25, -0.2) is 0 Å². The summed E-state index contributed by atoms with van der Waals surface area (Å²) in [6.45, 7) is 0. The molecule has 4 unspecified atom stereocenters. The van der Waals surface area contributed by atoms with Crippen LogP contribution in [0.2, 0.25) is 5.28 Å². The van der Waals surface area contributed by atoms with E-state index in [0.29, 0.717) is 0 Å². The minimum absolute atomic E-state index is 0. The van der Waals surface area contributed by atoms with Gasteiger partial charge in [-0.05, 0) is 2.79 Å². The molecule has 6 heteroatoms. The first kappa shape index (κ1) is 15.0. The summed E-state index contributed by atoms with van der Waals surface area (Å²) in [4.78, 5) is 0. The minimum atomic E-state index is 0. The molecule has 0 aromatic carbocycles. The molecule has 4 atom stereocenters. The van der Waals surface area contributed by atoms with Crippen LogP contribution < -0.4 is 18.9 Å². The Morgan fingerprint density at radius 2 is 1.64 bits per heavy atom. The minimum Gasteiger partial charge on any atom is -1.00 e. The molecule has 60 valence electrons. The molecule has 0 nitrogen and oxygen atoms in total. The van der Waals surface area contributed by atoms with Gasteiger partial charge in [0.25, 0.3) is 15.2 Å². The summed E-state index contributed by atoms with van der Waals surface area (Å²) in [6.07, 6.45) is 0. The van der Waals surface area contributed by atoms with Crippen LogP contribution >= 0.6 is 90.4 Å². The molecule has 0 amide bonds. The molecule has 1 aliphatic heterocycles. The molecule has 1 saturated heterocycles. The Hall–Kier alpha value is 4.05. The Bertz CT molecular complexity index is 116. The number of hydrogen-bond donors (Lipinski definition) is 0. The zero-order valence-electron chi connectivity index (χ0n) is 7.24. The topological polar surface area (TPSA) is 0 Å². The van der Waals surface area contributed by atoms with Gasteiger partial charge in [0.15, 0.2) is 0 Å². The third-order valence-electron chi connectivity index (χ3n) is 1.71. The van der Waals surface area contributed by atoms with Crippen LogP contribution in [0.15, 0.2) is 0 Å². The maximum absolute atomic E-state index is 2.65. The van der Waals surface area contributed by atoms with Gasteiger partial charge in [0.2, 0.25) is 0 Å². The molecule has 0 N–H and O–H groups in total. The standard InChI is InChI=1S/C5H6I4.Al.Li.2H/c1-3(7)5(9)4(8)2-6;;;;/h2-5H,1H2;;;;/q;;+1;;-1. The fourth-order valence-corrected chi connectivity index (χ4v) is 11.0. The molecular weight excluding hydrogens is 602 g/mol. The van der Waals surface area contributed by atoms with Crippen molar-refractivity contribution in [3.8, 4) is 0 Å². The van der Waals surface area contributed by atoms with E-state index in [9.17, 15) is 0 Å². The third kappa shape index (κ3) is 4.60. The molecule has 0 saturated carbocycles. The van der Waals surface area contributed by atoms with E-state index in [4.69, 9.17) is 0 Å². The predicted octanol–water partition coefficient (Wildman–Crippen LogP) is 0.143. The summed E-state index contributed by atoms with van der Waals surface area (Å²) >= 11 is 10.8. The number of alkyl halides is 4. The summed E-state index contributed by atoms with van der Waals surface area (Å²) in [5.74, 6) is 0. The molecule has 0 spiro atoms. The van der Waals surface area contributed by atoms with Crippen molar-refractivity contribution in [2.75, 3.05) is 0 Å². The van der Waals surface area contributed by atoms with Gasteiger partial charge in [-0.3, -0.25) is 0 Å². The fourth-order valence-electron chi connectivity index (χ4n) is 1.04. The molecule has 1 rings (SSSR count). The Labute approximate surface area is 142 Å². The van der Waals surface area contributed by atoms with E-state index in [2.05, 4.69) is 90.4 Å². The summed E-state index contributed by atoms with van der Waals surface area (Å²) in [5, 5.41) is 1.56. The van der Waals surface area contributed by atoms with Crippen LogP contribution in [0, 0.1) is 0 Å². The van der Waals surface area contributed by atoms with Crippen molar-refractivity contribution in [1.82, 2.24) is 0 Å². The van der Waals surface area contributed by atoms with Gasteiger partial charge in [0.1, 0.15) is 0 Å². The summed E-state index contributed by atoms with van der Waals surface area (Å²) in [6, 6.07) is 0. The molecule has 0 aromatic rings. The van der Waals surface area contributed by atoms with Crippen LogP contribution in [0.25, 0.3) is 0 Å². The van der Waals surface area contributed by atoms with Gasteiger partial charge in [0.05, 0.1) is 0 Å². The summed E-state index contributed by atoms with van der Waals surface area (Å²) < 4.78 is 3.88. The summed E-state index contributed by atoms with van der Waals surface area (Å²) in [7, 11) is 0. The molecule has 0 aromatic heterocycles. The second-order valence-corrected chi connectivity index (χ2v) is 12.3. The van der Waals surface area contributed by atoms with Gasteiger partial charge in [0, 0.05) is 11.8 Å². The monoisotopic (exact) mass is 610 g/mol. The molecule has 0 bridgehead atoms. The molecular formula is C5H8AlI4Li. The zero-order chi connectivity index (χ0) is 7.72. The van der Waals surface area contributed by atoms with E-state index in [1.165, 1.54) is 0 Å². The molecule has 0 radical (unpaired) electrons. The van der Waals surface area contributed by atoms with E-state index in [0.717, 1.165) is 14.6 Å². The smallest absolute Gasteiger partial charge is 1.00 e. The van der Waals surface area contributed by atoms with Crippen LogP contribution in [0.5, 0.6) is 0 Å². The van der Waals surface area contributed by atoms with Crippen LogP contribution in [0.1, 0.15) is 1.43 Å². The maximum Gasteiger partial charge on any atom is 1.00 e. The Morgan fingerprint density at radius 1 is 1.09 bits per heavy atom. The van der Waals surface area contributed by atoms with Crippen molar-refractivity contribution in [1.29, 1.82) is 0 Å². The van der Waals surface area contributed by atoms with E-state index < -0.39 is 0 Å². The van der Waals surface area contributed by atoms with Crippen molar-refractivity contribution in [3.05, 3.63) is 0 Å². The first-order valence-corrected chi connectivity index (χ1v) is 9.99.